The number of piperidine rings is 1. The molecule has 5 fully saturated rings. The Balaban J connectivity index is 1.34. The summed E-state index contributed by atoms with van der Waals surface area (Å²) >= 11 is 0. The highest BCUT2D eigenvalue weighted by Gasteiger charge is 2.68. The number of rotatable bonds is 5. The molecule has 5 rings (SSSR count). The van der Waals surface area contributed by atoms with Crippen molar-refractivity contribution in [1.82, 2.24) is 4.90 Å². The van der Waals surface area contributed by atoms with Gasteiger partial charge in [0, 0.05) is 24.8 Å². The minimum absolute atomic E-state index is 0.0421. The molecule has 5 aliphatic rings. The number of carbonyl (C=O) groups excluding carboxylic acids is 2. The van der Waals surface area contributed by atoms with Crippen LogP contribution in [0.5, 0.6) is 0 Å². The van der Waals surface area contributed by atoms with Crippen LogP contribution in [-0.2, 0) is 19.3 Å². The van der Waals surface area contributed by atoms with E-state index >= 15 is 4.39 Å². The molecule has 1 aliphatic heterocycles. The van der Waals surface area contributed by atoms with E-state index in [1.807, 2.05) is 0 Å². The smallest absolute Gasteiger partial charge is 0.171 e. The third kappa shape index (κ3) is 4.04. The van der Waals surface area contributed by atoms with Gasteiger partial charge < -0.3 is 9.68 Å². The van der Waals surface area contributed by atoms with Crippen molar-refractivity contribution in [3.63, 3.8) is 0 Å². The highest BCUT2D eigenvalue weighted by atomic mass is 19.1. The summed E-state index contributed by atoms with van der Waals surface area (Å²) in [7, 11) is 1.55. The second kappa shape index (κ2) is 9.56. The summed E-state index contributed by atoms with van der Waals surface area (Å²) in [5.74, 6) is -1.10. The van der Waals surface area contributed by atoms with E-state index in [-0.39, 0.29) is 29.3 Å². The van der Waals surface area contributed by atoms with Crippen LogP contribution in [0, 0.1) is 34.5 Å². The van der Waals surface area contributed by atoms with E-state index in [9.17, 15) is 9.59 Å². The van der Waals surface area contributed by atoms with Gasteiger partial charge >= 0.3 is 0 Å². The van der Waals surface area contributed by atoms with Gasteiger partial charge in [0.25, 0.3) is 0 Å². The van der Waals surface area contributed by atoms with Crippen LogP contribution in [0.4, 0.5) is 4.39 Å². The van der Waals surface area contributed by atoms with E-state index in [0.29, 0.717) is 32.3 Å². The van der Waals surface area contributed by atoms with Gasteiger partial charge in [0.05, 0.1) is 16.8 Å². The molecule has 8 heteroatoms. The van der Waals surface area contributed by atoms with Crippen LogP contribution < -0.4 is 0 Å². The van der Waals surface area contributed by atoms with Crippen molar-refractivity contribution in [1.29, 1.82) is 0 Å². The summed E-state index contributed by atoms with van der Waals surface area (Å²) in [5.41, 5.74) is 0.281. The second-order valence-corrected chi connectivity index (χ2v) is 11.9. The number of carbonyl (C=O) groups is 2. The molecule has 194 valence electrons. The largest absolute Gasteiger partial charge is 0.399 e. The molecule has 7 atom stereocenters. The van der Waals surface area contributed by atoms with Crippen molar-refractivity contribution < 1.29 is 23.7 Å². The Morgan fingerprint density at radius 3 is 2.60 bits per heavy atom. The Hall–Kier alpha value is -1.83. The molecule has 0 aromatic heterocycles. The average molecular weight is 490 g/mol. The van der Waals surface area contributed by atoms with Crippen molar-refractivity contribution >= 4 is 23.0 Å². The van der Waals surface area contributed by atoms with Crippen LogP contribution in [0.25, 0.3) is 0 Å². The number of Topliss-reactive ketones (excluding diaryl/α,β-unsaturated/α-hetero) is 2. The zero-order chi connectivity index (χ0) is 24.8. The fourth-order valence-electron chi connectivity index (χ4n) is 8.23. The van der Waals surface area contributed by atoms with Gasteiger partial charge in [0.2, 0.25) is 0 Å². The maximum atomic E-state index is 15.7. The Morgan fingerprint density at radius 2 is 1.86 bits per heavy atom. The summed E-state index contributed by atoms with van der Waals surface area (Å²) in [5, 5.41) is 8.91. The van der Waals surface area contributed by atoms with E-state index in [4.69, 9.17) is 9.68 Å². The zero-order valence-electron chi connectivity index (χ0n) is 21.4. The van der Waals surface area contributed by atoms with Crippen LogP contribution in [0.3, 0.4) is 0 Å². The normalized spacial score (nSPS) is 44.2. The fraction of sp³-hybridized carbons (Fsp3) is 0.852. The number of nitrogens with zero attached hydrogens (tertiary/aromatic N) is 3. The predicted molar refractivity (Wildman–Crippen MR) is 131 cm³/mol. The van der Waals surface area contributed by atoms with Gasteiger partial charge in [-0.25, -0.2) is 4.39 Å². The summed E-state index contributed by atoms with van der Waals surface area (Å²) in [4.78, 5) is 39.7. The number of ketones is 2. The molecular weight excluding hydrogens is 449 g/mol. The molecule has 0 aromatic rings. The first-order chi connectivity index (χ1) is 16.8. The van der Waals surface area contributed by atoms with Gasteiger partial charge in [-0.05, 0) is 82.2 Å². The predicted octanol–water partition coefficient (Wildman–Crippen LogP) is 4.20. The molecule has 7 nitrogen and oxygen atoms in total. The summed E-state index contributed by atoms with van der Waals surface area (Å²) in [6, 6.07) is 0. The lowest BCUT2D eigenvalue weighted by atomic mass is 9.44. The molecule has 5 unspecified atom stereocenters. The topological polar surface area (TPSA) is 80.6 Å². The third-order valence-corrected chi connectivity index (χ3v) is 10.2. The van der Waals surface area contributed by atoms with Gasteiger partial charge in [0.1, 0.15) is 19.5 Å². The fourth-order valence-corrected chi connectivity index (χ4v) is 8.23. The Labute approximate surface area is 207 Å². The molecule has 0 amide bonds. The molecular formula is C27H40FN3O4. The maximum Gasteiger partial charge on any atom is 0.171 e. The minimum atomic E-state index is -1.71. The van der Waals surface area contributed by atoms with E-state index in [2.05, 4.69) is 22.1 Å². The molecule has 0 aromatic carbocycles. The molecule has 0 spiro atoms. The SMILES string of the molecule is CO/N=C1\CC2C(C(=O)C(F)[C@]3(C)C(=O)CCC23)[C@@]2(C)CCC(=NOCCN3CCCCC3)CC12. The number of likely N-dealkylation sites (tertiary alicyclic amines) is 1. The van der Waals surface area contributed by atoms with Crippen LogP contribution >= 0.6 is 0 Å². The van der Waals surface area contributed by atoms with Gasteiger partial charge in [-0.2, -0.15) is 0 Å². The second-order valence-electron chi connectivity index (χ2n) is 11.9. The number of hydrogen-bond donors (Lipinski definition) is 0. The quantitative estimate of drug-likeness (QED) is 0.427. The zero-order valence-corrected chi connectivity index (χ0v) is 21.4. The summed E-state index contributed by atoms with van der Waals surface area (Å²) in [6.45, 7) is 7.54. The summed E-state index contributed by atoms with van der Waals surface area (Å²) in [6.07, 6.45) is 5.81. The number of oxime groups is 2. The number of alkyl halides is 1. The standard InChI is InChI=1S/C27H40FN3O4/c1-26-10-9-17(29-35-14-13-31-11-5-4-6-12-31)15-20(26)21(30-34-3)16-18-19-7-8-22(32)27(19,2)25(28)24(33)23(18)26/h18-20,23,25H,4-16H2,1-3H3/b29-17?,30-21+/t18?,19?,20?,23?,25?,26-,27-/m0/s1. The molecule has 1 saturated heterocycles. The van der Waals surface area contributed by atoms with E-state index in [1.165, 1.54) is 19.3 Å². The van der Waals surface area contributed by atoms with E-state index in [1.54, 1.807) is 14.0 Å². The van der Waals surface area contributed by atoms with Crippen LogP contribution in [0.2, 0.25) is 0 Å². The molecule has 0 bridgehead atoms. The lowest BCUT2D eigenvalue weighted by Gasteiger charge is -2.58. The minimum Gasteiger partial charge on any atom is -0.399 e. The van der Waals surface area contributed by atoms with E-state index in [0.717, 1.165) is 43.9 Å². The van der Waals surface area contributed by atoms with Gasteiger partial charge in [-0.3, -0.25) is 14.5 Å². The number of halogens is 1. The maximum absolute atomic E-state index is 15.7. The van der Waals surface area contributed by atoms with Crippen molar-refractivity contribution in [3.8, 4) is 0 Å². The number of fused-ring (bicyclic) bond motifs is 5. The van der Waals surface area contributed by atoms with Crippen LogP contribution in [0.15, 0.2) is 10.3 Å². The summed E-state index contributed by atoms with van der Waals surface area (Å²) < 4.78 is 15.7. The van der Waals surface area contributed by atoms with Crippen LogP contribution in [-0.4, -0.2) is 67.4 Å². The molecule has 0 N–H and O–H groups in total. The average Bonchev–Trinajstić information content (AvgIpc) is 3.16. The first-order valence-corrected chi connectivity index (χ1v) is 13.5. The van der Waals surface area contributed by atoms with Crippen molar-refractivity contribution in [2.45, 2.75) is 77.8 Å². The highest BCUT2D eigenvalue weighted by Crippen LogP contribution is 2.64. The molecule has 4 aliphatic carbocycles. The van der Waals surface area contributed by atoms with Crippen molar-refractivity contribution in [2.75, 3.05) is 33.4 Å². The first kappa shape index (κ1) is 24.8. The van der Waals surface area contributed by atoms with Gasteiger partial charge in [0.15, 0.2) is 12.0 Å². The highest BCUT2D eigenvalue weighted by molar-refractivity contribution is 6.02. The Bertz CT molecular complexity index is 916. The lowest BCUT2D eigenvalue weighted by molar-refractivity contribution is -0.163. The number of hydrogen-bond acceptors (Lipinski definition) is 7. The van der Waals surface area contributed by atoms with Gasteiger partial charge in [-0.15, -0.1) is 0 Å². The Morgan fingerprint density at radius 1 is 1.09 bits per heavy atom. The van der Waals surface area contributed by atoms with Crippen molar-refractivity contribution in [3.05, 3.63) is 0 Å². The van der Waals surface area contributed by atoms with Crippen LogP contribution in [0.1, 0.15) is 71.6 Å². The van der Waals surface area contributed by atoms with Crippen molar-refractivity contribution in [2.24, 2.45) is 44.8 Å². The lowest BCUT2D eigenvalue weighted by Crippen LogP contribution is -2.64. The monoisotopic (exact) mass is 489 g/mol. The molecule has 4 saturated carbocycles. The Kier molecular flexibility index (Phi) is 6.79. The molecule has 35 heavy (non-hydrogen) atoms. The third-order valence-electron chi connectivity index (χ3n) is 10.2. The molecule has 1 heterocycles. The van der Waals surface area contributed by atoms with Gasteiger partial charge in [-0.1, -0.05) is 23.7 Å². The molecule has 0 radical (unpaired) electrons. The van der Waals surface area contributed by atoms with E-state index < -0.39 is 22.9 Å². The first-order valence-electron chi connectivity index (χ1n) is 13.5.